The molecular formula is C14H19F3N2. The van der Waals surface area contributed by atoms with E-state index in [1.54, 1.807) is 12.1 Å². The molecule has 0 radical (unpaired) electrons. The van der Waals surface area contributed by atoms with Gasteiger partial charge in [-0.2, -0.15) is 13.2 Å². The molecule has 0 bridgehead atoms. The van der Waals surface area contributed by atoms with Crippen LogP contribution in [-0.2, 0) is 6.18 Å². The monoisotopic (exact) mass is 272 g/mol. The molecular weight excluding hydrogens is 253 g/mol. The number of benzene rings is 1. The van der Waals surface area contributed by atoms with E-state index >= 15 is 0 Å². The Hall–Kier alpha value is -1.23. The summed E-state index contributed by atoms with van der Waals surface area (Å²) in [6.07, 6.45) is -4.31. The highest BCUT2D eigenvalue weighted by molar-refractivity contribution is 5.56. The Morgan fingerprint density at radius 2 is 1.89 bits per heavy atom. The Morgan fingerprint density at radius 3 is 2.53 bits per heavy atom. The molecule has 2 rings (SSSR count). The van der Waals surface area contributed by atoms with Gasteiger partial charge >= 0.3 is 6.18 Å². The highest BCUT2D eigenvalue weighted by Crippen LogP contribution is 2.38. The van der Waals surface area contributed by atoms with Crippen LogP contribution in [0.15, 0.2) is 24.3 Å². The molecule has 19 heavy (non-hydrogen) atoms. The van der Waals surface area contributed by atoms with E-state index in [4.69, 9.17) is 0 Å². The molecule has 1 aromatic carbocycles. The van der Waals surface area contributed by atoms with E-state index in [1.165, 1.54) is 6.07 Å². The third kappa shape index (κ3) is 3.03. The zero-order valence-corrected chi connectivity index (χ0v) is 11.4. The first-order chi connectivity index (χ1) is 8.71. The first kappa shape index (κ1) is 14.2. The molecule has 2 nitrogen and oxygen atoms in total. The fraction of sp³-hybridized carbons (Fsp3) is 0.571. The van der Waals surface area contributed by atoms with Crippen LogP contribution in [0.25, 0.3) is 0 Å². The van der Waals surface area contributed by atoms with Crippen molar-refractivity contribution in [2.75, 3.05) is 18.0 Å². The molecule has 1 aliphatic rings. The summed E-state index contributed by atoms with van der Waals surface area (Å²) in [6.45, 7) is 7.18. The summed E-state index contributed by atoms with van der Waals surface area (Å²) in [7, 11) is 0. The Labute approximate surface area is 111 Å². The van der Waals surface area contributed by atoms with Crippen LogP contribution in [0, 0.1) is 0 Å². The van der Waals surface area contributed by atoms with Gasteiger partial charge in [-0.05, 0) is 32.9 Å². The lowest BCUT2D eigenvalue weighted by Crippen LogP contribution is -2.61. The highest BCUT2D eigenvalue weighted by atomic mass is 19.4. The third-order valence-electron chi connectivity index (χ3n) is 3.49. The maximum atomic E-state index is 13.1. The summed E-state index contributed by atoms with van der Waals surface area (Å²) in [5, 5.41) is 3.34. The van der Waals surface area contributed by atoms with E-state index in [-0.39, 0.29) is 17.3 Å². The summed E-state index contributed by atoms with van der Waals surface area (Å²) >= 11 is 0. The van der Waals surface area contributed by atoms with E-state index in [0.717, 1.165) is 6.07 Å². The molecule has 1 heterocycles. The van der Waals surface area contributed by atoms with Crippen molar-refractivity contribution < 1.29 is 13.2 Å². The quantitative estimate of drug-likeness (QED) is 0.844. The third-order valence-corrected chi connectivity index (χ3v) is 3.49. The van der Waals surface area contributed by atoms with Gasteiger partial charge in [-0.1, -0.05) is 12.1 Å². The number of anilines is 1. The van der Waals surface area contributed by atoms with Gasteiger partial charge in [0.15, 0.2) is 0 Å². The highest BCUT2D eigenvalue weighted by Gasteiger charge is 2.38. The maximum absolute atomic E-state index is 13.1. The van der Waals surface area contributed by atoms with E-state index in [2.05, 4.69) is 5.32 Å². The van der Waals surface area contributed by atoms with Crippen LogP contribution in [0.1, 0.15) is 26.3 Å². The molecule has 1 N–H and O–H groups in total. The normalized spacial score (nSPS) is 23.5. The second-order valence-corrected chi connectivity index (χ2v) is 5.76. The predicted molar refractivity (Wildman–Crippen MR) is 70.3 cm³/mol. The fourth-order valence-corrected chi connectivity index (χ4v) is 2.46. The van der Waals surface area contributed by atoms with Gasteiger partial charge in [0.05, 0.1) is 5.56 Å². The molecule has 0 aliphatic carbocycles. The van der Waals surface area contributed by atoms with E-state index in [1.807, 2.05) is 25.7 Å². The van der Waals surface area contributed by atoms with Gasteiger partial charge in [0.25, 0.3) is 0 Å². The summed E-state index contributed by atoms with van der Waals surface area (Å²) in [5.41, 5.74) is -0.470. The van der Waals surface area contributed by atoms with Crippen molar-refractivity contribution in [3.05, 3.63) is 29.8 Å². The maximum Gasteiger partial charge on any atom is 0.418 e. The molecule has 0 saturated carbocycles. The fourth-order valence-electron chi connectivity index (χ4n) is 2.46. The van der Waals surface area contributed by atoms with E-state index in [9.17, 15) is 13.2 Å². The predicted octanol–water partition coefficient (Wildman–Crippen LogP) is 3.28. The molecule has 0 aromatic heterocycles. The number of para-hydroxylation sites is 1. The lowest BCUT2D eigenvalue weighted by molar-refractivity contribution is -0.137. The van der Waals surface area contributed by atoms with Crippen LogP contribution >= 0.6 is 0 Å². The van der Waals surface area contributed by atoms with Gasteiger partial charge in [-0.3, -0.25) is 0 Å². The number of nitrogens with zero attached hydrogens (tertiary/aromatic N) is 1. The molecule has 106 valence electrons. The van der Waals surface area contributed by atoms with Crippen LogP contribution in [-0.4, -0.2) is 24.7 Å². The summed E-state index contributed by atoms with van der Waals surface area (Å²) in [6, 6.07) is 5.84. The average molecular weight is 272 g/mol. The number of hydrogen-bond donors (Lipinski definition) is 1. The summed E-state index contributed by atoms with van der Waals surface area (Å²) < 4.78 is 39.2. The molecule has 1 saturated heterocycles. The Kier molecular flexibility index (Phi) is 3.51. The van der Waals surface area contributed by atoms with Crippen molar-refractivity contribution in [1.29, 1.82) is 0 Å². The minimum Gasteiger partial charge on any atom is -0.365 e. The SMILES string of the molecule is CC1CNC(C)(C)CN1c1ccccc1C(F)(F)F. The Balaban J connectivity index is 2.40. The average Bonchev–Trinajstić information content (AvgIpc) is 2.31. The number of piperazine rings is 1. The molecule has 0 spiro atoms. The van der Waals surface area contributed by atoms with Crippen molar-refractivity contribution in [3.8, 4) is 0 Å². The van der Waals surface area contributed by atoms with E-state index in [0.29, 0.717) is 13.1 Å². The zero-order valence-electron chi connectivity index (χ0n) is 11.4. The van der Waals surface area contributed by atoms with Gasteiger partial charge < -0.3 is 10.2 Å². The van der Waals surface area contributed by atoms with Crippen LogP contribution in [0.4, 0.5) is 18.9 Å². The largest absolute Gasteiger partial charge is 0.418 e. The molecule has 1 aliphatic heterocycles. The molecule has 1 aromatic rings. The number of hydrogen-bond acceptors (Lipinski definition) is 2. The molecule has 1 atom stereocenters. The van der Waals surface area contributed by atoms with Crippen molar-refractivity contribution in [1.82, 2.24) is 5.32 Å². The van der Waals surface area contributed by atoms with Gasteiger partial charge in [0, 0.05) is 30.4 Å². The zero-order chi connectivity index (χ0) is 14.3. The first-order valence-corrected chi connectivity index (χ1v) is 6.39. The van der Waals surface area contributed by atoms with E-state index < -0.39 is 11.7 Å². The molecule has 0 amide bonds. The number of halogens is 3. The topological polar surface area (TPSA) is 15.3 Å². The molecule has 1 fully saturated rings. The number of nitrogens with one attached hydrogen (secondary N) is 1. The van der Waals surface area contributed by atoms with Crippen LogP contribution in [0.2, 0.25) is 0 Å². The number of alkyl halides is 3. The van der Waals surface area contributed by atoms with Crippen molar-refractivity contribution in [2.45, 2.75) is 38.5 Å². The van der Waals surface area contributed by atoms with Gasteiger partial charge in [0.2, 0.25) is 0 Å². The molecule has 1 unspecified atom stereocenters. The van der Waals surface area contributed by atoms with Crippen molar-refractivity contribution in [3.63, 3.8) is 0 Å². The van der Waals surface area contributed by atoms with Gasteiger partial charge in [-0.25, -0.2) is 0 Å². The second-order valence-electron chi connectivity index (χ2n) is 5.76. The standard InChI is InChI=1S/C14H19F3N2/c1-10-8-18-13(2,3)9-19(10)12-7-5-4-6-11(12)14(15,16)17/h4-7,10,18H,8-9H2,1-3H3. The van der Waals surface area contributed by atoms with Crippen LogP contribution < -0.4 is 10.2 Å². The Morgan fingerprint density at radius 1 is 1.26 bits per heavy atom. The minimum atomic E-state index is -4.31. The van der Waals surface area contributed by atoms with Crippen LogP contribution in [0.5, 0.6) is 0 Å². The van der Waals surface area contributed by atoms with Crippen molar-refractivity contribution in [2.24, 2.45) is 0 Å². The first-order valence-electron chi connectivity index (χ1n) is 6.39. The van der Waals surface area contributed by atoms with Gasteiger partial charge in [0.1, 0.15) is 0 Å². The van der Waals surface area contributed by atoms with Gasteiger partial charge in [-0.15, -0.1) is 0 Å². The molecule has 5 heteroatoms. The summed E-state index contributed by atoms with van der Waals surface area (Å²) in [5.74, 6) is 0. The Bertz CT molecular complexity index is 454. The van der Waals surface area contributed by atoms with Crippen LogP contribution in [0.3, 0.4) is 0 Å². The lowest BCUT2D eigenvalue weighted by atomic mass is 9.97. The minimum absolute atomic E-state index is 0.0384. The van der Waals surface area contributed by atoms with Crippen molar-refractivity contribution >= 4 is 5.69 Å². The number of rotatable bonds is 1. The summed E-state index contributed by atoms with van der Waals surface area (Å²) in [4.78, 5) is 1.85. The smallest absolute Gasteiger partial charge is 0.365 e. The lowest BCUT2D eigenvalue weighted by Gasteiger charge is -2.45. The second kappa shape index (κ2) is 4.71.